The minimum absolute atomic E-state index is 0.476. The molecule has 1 saturated carbocycles. The van der Waals surface area contributed by atoms with Gasteiger partial charge in [0, 0.05) is 32.3 Å². The topological polar surface area (TPSA) is 24.5 Å². The normalized spacial score (nSPS) is 31.4. The van der Waals surface area contributed by atoms with Crippen LogP contribution in [0.4, 0.5) is 0 Å². The average molecular weight is 240 g/mol. The summed E-state index contributed by atoms with van der Waals surface area (Å²) in [4.78, 5) is 2.73. The lowest BCUT2D eigenvalue weighted by Crippen LogP contribution is -2.46. The lowest BCUT2D eigenvalue weighted by molar-refractivity contribution is 0.110. The van der Waals surface area contributed by atoms with Crippen LogP contribution in [-0.2, 0) is 4.74 Å². The van der Waals surface area contributed by atoms with Crippen LogP contribution in [0.1, 0.15) is 39.0 Å². The van der Waals surface area contributed by atoms with E-state index in [-0.39, 0.29) is 0 Å². The highest BCUT2D eigenvalue weighted by Crippen LogP contribution is 2.36. The van der Waals surface area contributed by atoms with Gasteiger partial charge in [-0.2, -0.15) is 0 Å². The van der Waals surface area contributed by atoms with Crippen LogP contribution in [0.5, 0.6) is 0 Å². The van der Waals surface area contributed by atoms with Crippen molar-refractivity contribution in [1.82, 2.24) is 10.2 Å². The van der Waals surface area contributed by atoms with E-state index in [0.29, 0.717) is 6.04 Å². The summed E-state index contributed by atoms with van der Waals surface area (Å²) in [6, 6.07) is 1.38. The summed E-state index contributed by atoms with van der Waals surface area (Å²) in [7, 11) is 1.77. The third-order valence-corrected chi connectivity index (χ3v) is 4.42. The Morgan fingerprint density at radius 3 is 2.94 bits per heavy atom. The Hall–Kier alpha value is -0.120. The Labute approximate surface area is 106 Å². The van der Waals surface area contributed by atoms with Crippen molar-refractivity contribution in [3.63, 3.8) is 0 Å². The van der Waals surface area contributed by atoms with Crippen LogP contribution in [0.25, 0.3) is 0 Å². The fourth-order valence-corrected chi connectivity index (χ4v) is 3.60. The predicted molar refractivity (Wildman–Crippen MR) is 71.3 cm³/mol. The van der Waals surface area contributed by atoms with E-state index in [2.05, 4.69) is 17.1 Å². The second-order valence-electron chi connectivity index (χ2n) is 5.75. The molecule has 17 heavy (non-hydrogen) atoms. The summed E-state index contributed by atoms with van der Waals surface area (Å²) in [5.41, 5.74) is 0. The molecule has 0 radical (unpaired) electrons. The van der Waals surface area contributed by atoms with Gasteiger partial charge < -0.3 is 10.1 Å². The number of likely N-dealkylation sites (tertiary alicyclic amines) is 1. The molecule has 0 aromatic carbocycles. The summed E-state index contributed by atoms with van der Waals surface area (Å²) in [6.07, 6.45) is 7.27. The summed E-state index contributed by atoms with van der Waals surface area (Å²) in [5, 5.41) is 3.54. The fraction of sp³-hybridized carbons (Fsp3) is 1.00. The quantitative estimate of drug-likeness (QED) is 0.767. The van der Waals surface area contributed by atoms with Crippen molar-refractivity contribution >= 4 is 0 Å². The molecular formula is C14H28N2O. The minimum atomic E-state index is 0.476. The maximum absolute atomic E-state index is 5.14. The summed E-state index contributed by atoms with van der Waals surface area (Å²) < 4.78 is 5.14. The zero-order valence-electron chi connectivity index (χ0n) is 11.5. The Morgan fingerprint density at radius 1 is 1.29 bits per heavy atom. The zero-order valence-corrected chi connectivity index (χ0v) is 11.5. The molecule has 100 valence electrons. The number of nitrogens with zero attached hydrogens (tertiary/aromatic N) is 1. The lowest BCUT2D eigenvalue weighted by Gasteiger charge is -2.38. The monoisotopic (exact) mass is 240 g/mol. The molecule has 0 aromatic rings. The van der Waals surface area contributed by atoms with Crippen LogP contribution in [0.2, 0.25) is 0 Å². The zero-order chi connectivity index (χ0) is 12.1. The van der Waals surface area contributed by atoms with Gasteiger partial charge in [0.1, 0.15) is 0 Å². The molecule has 0 bridgehead atoms. The first-order valence-electron chi connectivity index (χ1n) is 7.27. The molecule has 1 heterocycles. The highest BCUT2D eigenvalue weighted by atomic mass is 16.5. The molecule has 2 aliphatic rings. The molecule has 3 nitrogen and oxygen atoms in total. The van der Waals surface area contributed by atoms with Crippen LogP contribution in [0.15, 0.2) is 0 Å². The Bertz CT molecular complexity index is 222. The van der Waals surface area contributed by atoms with Gasteiger partial charge >= 0.3 is 0 Å². The molecule has 1 saturated heterocycles. The Kier molecular flexibility index (Phi) is 5.26. The van der Waals surface area contributed by atoms with Crippen LogP contribution in [0.3, 0.4) is 0 Å². The number of ether oxygens (including phenoxy) is 1. The molecule has 0 aromatic heterocycles. The van der Waals surface area contributed by atoms with Crippen LogP contribution in [0, 0.1) is 5.92 Å². The Balaban J connectivity index is 1.67. The first-order chi connectivity index (χ1) is 8.31. The van der Waals surface area contributed by atoms with E-state index in [1.165, 1.54) is 45.2 Å². The average Bonchev–Trinajstić information content (AvgIpc) is 2.78. The number of piperidine rings is 1. The maximum Gasteiger partial charge on any atom is 0.0613 e. The number of fused-ring (bicyclic) bond motifs is 1. The van der Waals surface area contributed by atoms with Crippen molar-refractivity contribution in [2.45, 2.75) is 51.1 Å². The number of hydrogen-bond acceptors (Lipinski definition) is 3. The molecule has 3 atom stereocenters. The second kappa shape index (κ2) is 6.72. The molecular weight excluding hydrogens is 212 g/mol. The van der Waals surface area contributed by atoms with Gasteiger partial charge in [0.05, 0.1) is 6.61 Å². The van der Waals surface area contributed by atoms with Gasteiger partial charge in [0.15, 0.2) is 0 Å². The maximum atomic E-state index is 5.14. The minimum Gasteiger partial charge on any atom is -0.383 e. The van der Waals surface area contributed by atoms with Crippen molar-refractivity contribution in [2.24, 2.45) is 5.92 Å². The van der Waals surface area contributed by atoms with Crippen LogP contribution >= 0.6 is 0 Å². The standard InChI is InChI=1S/C14H28N2O/c1-12(11-17-2)15-8-10-16-9-4-6-13-5-3-7-14(13)16/h12-15H,3-11H2,1-2H3. The van der Waals surface area contributed by atoms with Gasteiger partial charge in [0.2, 0.25) is 0 Å². The van der Waals surface area contributed by atoms with Crippen molar-refractivity contribution in [3.8, 4) is 0 Å². The van der Waals surface area contributed by atoms with E-state index in [1.807, 2.05) is 0 Å². The molecule has 0 spiro atoms. The summed E-state index contributed by atoms with van der Waals surface area (Å²) in [6.45, 7) is 6.65. The third-order valence-electron chi connectivity index (χ3n) is 4.42. The second-order valence-corrected chi connectivity index (χ2v) is 5.75. The van der Waals surface area contributed by atoms with Gasteiger partial charge in [0.25, 0.3) is 0 Å². The molecule has 1 aliphatic heterocycles. The van der Waals surface area contributed by atoms with Gasteiger partial charge in [-0.15, -0.1) is 0 Å². The van der Waals surface area contributed by atoms with Crippen molar-refractivity contribution in [2.75, 3.05) is 33.4 Å². The number of rotatable bonds is 6. The summed E-state index contributed by atoms with van der Waals surface area (Å²) in [5.74, 6) is 1.01. The predicted octanol–water partition coefficient (Wildman–Crippen LogP) is 1.88. The van der Waals surface area contributed by atoms with E-state index < -0.39 is 0 Å². The summed E-state index contributed by atoms with van der Waals surface area (Å²) >= 11 is 0. The first-order valence-corrected chi connectivity index (χ1v) is 7.27. The van der Waals surface area contributed by atoms with E-state index in [0.717, 1.165) is 25.1 Å². The van der Waals surface area contributed by atoms with E-state index in [9.17, 15) is 0 Å². The third kappa shape index (κ3) is 3.67. The molecule has 2 rings (SSSR count). The van der Waals surface area contributed by atoms with E-state index in [4.69, 9.17) is 4.74 Å². The fourth-order valence-electron chi connectivity index (χ4n) is 3.60. The molecule has 3 unspecified atom stereocenters. The number of hydrogen-bond donors (Lipinski definition) is 1. The molecule has 3 heteroatoms. The van der Waals surface area contributed by atoms with Gasteiger partial charge in [-0.1, -0.05) is 6.42 Å². The van der Waals surface area contributed by atoms with E-state index in [1.54, 1.807) is 7.11 Å². The van der Waals surface area contributed by atoms with E-state index >= 15 is 0 Å². The number of nitrogens with one attached hydrogen (secondary N) is 1. The molecule has 2 fully saturated rings. The lowest BCUT2D eigenvalue weighted by atomic mass is 9.92. The Morgan fingerprint density at radius 2 is 2.12 bits per heavy atom. The smallest absolute Gasteiger partial charge is 0.0613 e. The first kappa shape index (κ1) is 13.3. The van der Waals surface area contributed by atoms with Crippen LogP contribution in [-0.4, -0.2) is 50.3 Å². The van der Waals surface area contributed by atoms with Crippen LogP contribution < -0.4 is 5.32 Å². The molecule has 0 amide bonds. The highest BCUT2D eigenvalue weighted by Gasteiger charge is 2.34. The van der Waals surface area contributed by atoms with Crippen molar-refractivity contribution < 1.29 is 4.74 Å². The highest BCUT2D eigenvalue weighted by molar-refractivity contribution is 4.89. The molecule has 1 N–H and O–H groups in total. The SMILES string of the molecule is COCC(C)NCCN1CCCC2CCCC21. The van der Waals surface area contributed by atoms with Gasteiger partial charge in [-0.3, -0.25) is 4.90 Å². The number of methoxy groups -OCH3 is 1. The van der Waals surface area contributed by atoms with Gasteiger partial charge in [-0.05, 0) is 45.1 Å². The van der Waals surface area contributed by atoms with Crippen molar-refractivity contribution in [3.05, 3.63) is 0 Å². The molecule has 1 aliphatic carbocycles. The van der Waals surface area contributed by atoms with Crippen molar-refractivity contribution in [1.29, 1.82) is 0 Å². The largest absolute Gasteiger partial charge is 0.383 e. The van der Waals surface area contributed by atoms with Gasteiger partial charge in [-0.25, -0.2) is 0 Å².